The molecule has 0 saturated carbocycles. The molecule has 0 aliphatic carbocycles. The molecule has 6 heteroatoms. The first-order valence-corrected chi connectivity index (χ1v) is 6.73. The van der Waals surface area contributed by atoms with Gasteiger partial charge in [0.1, 0.15) is 6.61 Å². The van der Waals surface area contributed by atoms with Crippen LogP contribution in [0.2, 0.25) is 0 Å². The van der Waals surface area contributed by atoms with Gasteiger partial charge in [0.2, 0.25) is 0 Å². The molecule has 0 aliphatic heterocycles. The SMILES string of the molecule is CC.COCc1cnc(C)c(OC(C)=O)c1COC(C)=O. The highest BCUT2D eigenvalue weighted by atomic mass is 16.5. The fraction of sp³-hybridized carbons (Fsp3) is 0.533. The van der Waals surface area contributed by atoms with Gasteiger partial charge in [0, 0.05) is 38.3 Å². The highest BCUT2D eigenvalue weighted by molar-refractivity contribution is 5.70. The summed E-state index contributed by atoms with van der Waals surface area (Å²) in [5, 5.41) is 0. The number of pyridine rings is 1. The number of carbonyl (C=O) groups is 2. The zero-order valence-electron chi connectivity index (χ0n) is 13.5. The molecule has 0 fully saturated rings. The lowest BCUT2D eigenvalue weighted by atomic mass is 10.1. The summed E-state index contributed by atoms with van der Waals surface area (Å²) in [5.74, 6) is -0.543. The second-order valence-corrected chi connectivity index (χ2v) is 3.98. The monoisotopic (exact) mass is 297 g/mol. The molecule has 1 rings (SSSR count). The molecule has 0 N–H and O–H groups in total. The number of carbonyl (C=O) groups excluding carboxylic acids is 2. The van der Waals surface area contributed by atoms with Gasteiger partial charge in [0.05, 0.1) is 12.3 Å². The summed E-state index contributed by atoms with van der Waals surface area (Å²) in [7, 11) is 1.54. The minimum Gasteiger partial charge on any atom is -0.461 e. The van der Waals surface area contributed by atoms with E-state index in [0.717, 1.165) is 0 Å². The predicted molar refractivity (Wildman–Crippen MR) is 77.8 cm³/mol. The van der Waals surface area contributed by atoms with Gasteiger partial charge in [0.25, 0.3) is 0 Å². The van der Waals surface area contributed by atoms with Crippen molar-refractivity contribution in [1.82, 2.24) is 4.98 Å². The minimum absolute atomic E-state index is 0.0139. The van der Waals surface area contributed by atoms with Crippen LogP contribution in [0.4, 0.5) is 0 Å². The molecule has 0 radical (unpaired) electrons. The molecule has 0 aromatic carbocycles. The van der Waals surface area contributed by atoms with Crippen molar-refractivity contribution < 1.29 is 23.8 Å². The third kappa shape index (κ3) is 6.35. The van der Waals surface area contributed by atoms with Crippen molar-refractivity contribution in [3.8, 4) is 5.75 Å². The van der Waals surface area contributed by atoms with Crippen LogP contribution < -0.4 is 4.74 Å². The lowest BCUT2D eigenvalue weighted by molar-refractivity contribution is -0.142. The average Bonchev–Trinajstić information content (AvgIpc) is 2.43. The molecule has 0 bridgehead atoms. The lowest BCUT2D eigenvalue weighted by Crippen LogP contribution is -2.11. The third-order valence-electron chi connectivity index (χ3n) is 2.37. The molecule has 1 heterocycles. The lowest BCUT2D eigenvalue weighted by Gasteiger charge is -2.15. The number of rotatable bonds is 5. The van der Waals surface area contributed by atoms with E-state index in [9.17, 15) is 9.59 Å². The topological polar surface area (TPSA) is 74.7 Å². The molecule has 21 heavy (non-hydrogen) atoms. The number of aryl methyl sites for hydroxylation is 1. The van der Waals surface area contributed by atoms with Gasteiger partial charge in [-0.25, -0.2) is 0 Å². The molecule has 0 aliphatic rings. The number of ether oxygens (including phenoxy) is 3. The van der Waals surface area contributed by atoms with Crippen LogP contribution in [0.15, 0.2) is 6.20 Å². The van der Waals surface area contributed by atoms with Crippen LogP contribution >= 0.6 is 0 Å². The first kappa shape index (κ1) is 19.1. The van der Waals surface area contributed by atoms with Crippen LogP contribution in [0.5, 0.6) is 5.75 Å². The number of esters is 2. The molecule has 118 valence electrons. The van der Waals surface area contributed by atoms with E-state index in [-0.39, 0.29) is 13.2 Å². The second-order valence-electron chi connectivity index (χ2n) is 3.98. The maximum Gasteiger partial charge on any atom is 0.308 e. The highest BCUT2D eigenvalue weighted by Crippen LogP contribution is 2.27. The molecule has 6 nitrogen and oxygen atoms in total. The number of methoxy groups -OCH3 is 1. The van der Waals surface area contributed by atoms with Crippen molar-refractivity contribution in [3.63, 3.8) is 0 Å². The molecule has 1 aromatic rings. The zero-order chi connectivity index (χ0) is 16.4. The summed E-state index contributed by atoms with van der Waals surface area (Å²) >= 11 is 0. The summed E-state index contributed by atoms with van der Waals surface area (Å²) in [6.07, 6.45) is 1.62. The molecule has 0 unspecified atom stereocenters. The van der Waals surface area contributed by atoms with Crippen molar-refractivity contribution in [2.24, 2.45) is 0 Å². The normalized spacial score (nSPS) is 9.43. The van der Waals surface area contributed by atoms with Crippen molar-refractivity contribution in [2.45, 2.75) is 47.8 Å². The molecular weight excluding hydrogens is 274 g/mol. The maximum atomic E-state index is 11.1. The van der Waals surface area contributed by atoms with E-state index in [1.165, 1.54) is 13.8 Å². The van der Waals surface area contributed by atoms with Gasteiger partial charge in [-0.3, -0.25) is 14.6 Å². The molecular formula is C15H23NO5. The quantitative estimate of drug-likeness (QED) is 0.777. The number of hydrogen-bond donors (Lipinski definition) is 0. The highest BCUT2D eigenvalue weighted by Gasteiger charge is 2.16. The summed E-state index contributed by atoms with van der Waals surface area (Å²) in [6.45, 7) is 8.64. The van der Waals surface area contributed by atoms with Crippen molar-refractivity contribution in [1.29, 1.82) is 0 Å². The zero-order valence-corrected chi connectivity index (χ0v) is 13.5. The van der Waals surface area contributed by atoms with E-state index in [2.05, 4.69) is 4.98 Å². The Morgan fingerprint density at radius 2 is 1.76 bits per heavy atom. The molecule has 1 aromatic heterocycles. The molecule has 0 saturated heterocycles. The van der Waals surface area contributed by atoms with Crippen LogP contribution in [-0.2, 0) is 32.3 Å². The van der Waals surface area contributed by atoms with E-state index in [1.54, 1.807) is 20.2 Å². The van der Waals surface area contributed by atoms with E-state index >= 15 is 0 Å². The average molecular weight is 297 g/mol. The van der Waals surface area contributed by atoms with E-state index in [0.29, 0.717) is 22.6 Å². The van der Waals surface area contributed by atoms with Crippen LogP contribution in [-0.4, -0.2) is 24.0 Å². The molecule has 0 spiro atoms. The number of hydrogen-bond acceptors (Lipinski definition) is 6. The Bertz CT molecular complexity index is 485. The van der Waals surface area contributed by atoms with Gasteiger partial charge >= 0.3 is 11.9 Å². The summed E-state index contributed by atoms with van der Waals surface area (Å²) in [4.78, 5) is 26.2. The molecule has 0 amide bonds. The minimum atomic E-state index is -0.455. The summed E-state index contributed by atoms with van der Waals surface area (Å²) in [6, 6.07) is 0. The Kier molecular flexibility index (Phi) is 8.96. The van der Waals surface area contributed by atoms with Crippen LogP contribution in [0.1, 0.15) is 44.5 Å². The van der Waals surface area contributed by atoms with E-state index in [1.807, 2.05) is 13.8 Å². The van der Waals surface area contributed by atoms with Gasteiger partial charge in [-0.15, -0.1) is 0 Å². The standard InChI is InChI=1S/C13H17NO5.C2H6/c1-8-13(19-10(3)16)12(7-18-9(2)15)11(5-14-8)6-17-4;1-2/h5H,6-7H2,1-4H3;1-2H3. The fourth-order valence-corrected chi connectivity index (χ4v) is 1.57. The Hall–Kier alpha value is -1.95. The Morgan fingerprint density at radius 3 is 2.24 bits per heavy atom. The van der Waals surface area contributed by atoms with Gasteiger partial charge < -0.3 is 14.2 Å². The van der Waals surface area contributed by atoms with Crippen LogP contribution in [0, 0.1) is 6.92 Å². The van der Waals surface area contributed by atoms with Gasteiger partial charge in [0.15, 0.2) is 5.75 Å². The Morgan fingerprint density at radius 1 is 1.14 bits per heavy atom. The van der Waals surface area contributed by atoms with Crippen molar-refractivity contribution in [2.75, 3.05) is 7.11 Å². The fourth-order valence-electron chi connectivity index (χ4n) is 1.57. The summed E-state index contributed by atoms with van der Waals surface area (Å²) in [5.41, 5.74) is 1.86. The number of aromatic nitrogens is 1. The predicted octanol–water partition coefficient (Wildman–Crippen LogP) is 2.55. The van der Waals surface area contributed by atoms with Crippen LogP contribution in [0.3, 0.4) is 0 Å². The van der Waals surface area contributed by atoms with Gasteiger partial charge in [-0.1, -0.05) is 13.8 Å². The van der Waals surface area contributed by atoms with E-state index in [4.69, 9.17) is 14.2 Å². The van der Waals surface area contributed by atoms with E-state index < -0.39 is 11.9 Å². The smallest absolute Gasteiger partial charge is 0.308 e. The van der Waals surface area contributed by atoms with Gasteiger partial charge in [-0.05, 0) is 6.92 Å². The van der Waals surface area contributed by atoms with Crippen molar-refractivity contribution >= 4 is 11.9 Å². The largest absolute Gasteiger partial charge is 0.461 e. The maximum absolute atomic E-state index is 11.1. The van der Waals surface area contributed by atoms with Crippen molar-refractivity contribution in [3.05, 3.63) is 23.0 Å². The first-order chi connectivity index (χ1) is 9.95. The summed E-state index contributed by atoms with van der Waals surface area (Å²) < 4.78 is 15.2. The Balaban J connectivity index is 0.00000191. The Labute approximate surface area is 125 Å². The van der Waals surface area contributed by atoms with Gasteiger partial charge in [-0.2, -0.15) is 0 Å². The van der Waals surface area contributed by atoms with Crippen LogP contribution in [0.25, 0.3) is 0 Å². The third-order valence-corrected chi connectivity index (χ3v) is 2.37. The second kappa shape index (κ2) is 9.88. The number of nitrogens with zero attached hydrogens (tertiary/aromatic N) is 1. The first-order valence-electron chi connectivity index (χ1n) is 6.73. The molecule has 0 atom stereocenters.